The van der Waals surface area contributed by atoms with Gasteiger partial charge in [-0.1, -0.05) is 54.6 Å². The van der Waals surface area contributed by atoms with Crippen LogP contribution < -0.4 is 10.4 Å². The maximum atomic E-state index is 11.7. The number of hydrogen-bond acceptors (Lipinski definition) is 5. The van der Waals surface area contributed by atoms with Crippen LogP contribution in [0.1, 0.15) is 44.6 Å². The van der Waals surface area contributed by atoms with Crippen molar-refractivity contribution in [2.45, 2.75) is 18.4 Å². The quantitative estimate of drug-likeness (QED) is 0.550. The highest BCUT2D eigenvalue weighted by molar-refractivity contribution is 5.94. The molecule has 0 bridgehead atoms. The van der Waals surface area contributed by atoms with Crippen LogP contribution in [0.5, 0.6) is 0 Å². The lowest BCUT2D eigenvalue weighted by atomic mass is 9.75. The summed E-state index contributed by atoms with van der Waals surface area (Å²) in [6, 6.07) is 19.9. The minimum absolute atomic E-state index is 0.0339. The largest absolute Gasteiger partial charge is 0.545 e. The Bertz CT molecular complexity index is 1140. The van der Waals surface area contributed by atoms with Gasteiger partial charge >= 0.3 is 0 Å². The molecule has 1 aliphatic heterocycles. The van der Waals surface area contributed by atoms with Crippen molar-refractivity contribution in [1.29, 1.82) is 0 Å². The third kappa shape index (κ3) is 2.68. The number of hydrogen-bond donors (Lipinski definition) is 1. The van der Waals surface area contributed by atoms with E-state index in [1.165, 1.54) is 23.3 Å². The molecule has 1 heterocycles. The number of nitrogens with one attached hydrogen (secondary N) is 1. The van der Waals surface area contributed by atoms with Crippen LogP contribution in [0.4, 0.5) is 11.4 Å². The summed E-state index contributed by atoms with van der Waals surface area (Å²) >= 11 is 0. The van der Waals surface area contributed by atoms with E-state index < -0.39 is 10.9 Å². The summed E-state index contributed by atoms with van der Waals surface area (Å²) in [4.78, 5) is 22.3. The van der Waals surface area contributed by atoms with Crippen molar-refractivity contribution in [3.8, 4) is 0 Å². The number of nitro benzene ring substituents is 1. The second kappa shape index (κ2) is 6.44. The van der Waals surface area contributed by atoms with E-state index in [-0.39, 0.29) is 29.1 Å². The van der Waals surface area contributed by atoms with Gasteiger partial charge < -0.3 is 15.2 Å². The Kier molecular flexibility index (Phi) is 3.87. The number of benzene rings is 3. The lowest BCUT2D eigenvalue weighted by Gasteiger charge is -2.39. The molecule has 0 radical (unpaired) electrons. The maximum Gasteiger partial charge on any atom is 0.269 e. The van der Waals surface area contributed by atoms with Crippen molar-refractivity contribution < 1.29 is 14.8 Å². The average molecular weight is 385 g/mol. The predicted octanol–water partition coefficient (Wildman–Crippen LogP) is 3.43. The van der Waals surface area contributed by atoms with Crippen LogP contribution in [-0.2, 0) is 6.42 Å². The van der Waals surface area contributed by atoms with Crippen LogP contribution in [-0.4, -0.2) is 10.9 Å². The standard InChI is InChI=1S/C23H18N2O4/c26-23(27)18-7-3-6-17-20-16-5-2-1-4-14(16)12-19(20)21(24-22(17)18)13-8-10-15(11-9-13)25(28)29/h1-11,19-21,24H,12H2,(H,26,27)/p-1/t19-,20+,21-/m1/s1. The van der Waals surface area contributed by atoms with Gasteiger partial charge in [-0.15, -0.1) is 0 Å². The molecule has 0 fully saturated rings. The van der Waals surface area contributed by atoms with Gasteiger partial charge in [0, 0.05) is 29.3 Å². The van der Waals surface area contributed by atoms with E-state index in [0.29, 0.717) is 5.69 Å². The highest BCUT2D eigenvalue weighted by Gasteiger charge is 2.43. The third-order valence-electron chi connectivity index (χ3n) is 6.12. The molecule has 0 amide bonds. The number of fused-ring (bicyclic) bond motifs is 5. The van der Waals surface area contributed by atoms with E-state index in [0.717, 1.165) is 17.5 Å². The average Bonchev–Trinajstić information content (AvgIpc) is 3.12. The smallest absolute Gasteiger partial charge is 0.269 e. The first kappa shape index (κ1) is 17.4. The van der Waals surface area contributed by atoms with Gasteiger partial charge in [0.05, 0.1) is 16.9 Å². The summed E-state index contributed by atoms with van der Waals surface area (Å²) in [6.45, 7) is 0. The van der Waals surface area contributed by atoms with E-state index in [2.05, 4.69) is 17.4 Å². The van der Waals surface area contributed by atoms with Crippen molar-refractivity contribution in [1.82, 2.24) is 0 Å². The fourth-order valence-corrected chi connectivity index (χ4v) is 4.89. The zero-order valence-electron chi connectivity index (χ0n) is 15.4. The zero-order valence-corrected chi connectivity index (χ0v) is 15.4. The molecule has 3 aromatic rings. The van der Waals surface area contributed by atoms with Crippen LogP contribution in [0.2, 0.25) is 0 Å². The van der Waals surface area contributed by atoms with Crippen LogP contribution in [0, 0.1) is 16.0 Å². The van der Waals surface area contributed by atoms with Gasteiger partial charge in [0.1, 0.15) is 0 Å². The Hall–Kier alpha value is -3.67. The first-order valence-electron chi connectivity index (χ1n) is 9.47. The van der Waals surface area contributed by atoms with E-state index in [1.54, 1.807) is 24.3 Å². The van der Waals surface area contributed by atoms with E-state index >= 15 is 0 Å². The van der Waals surface area contributed by atoms with Gasteiger partial charge in [-0.3, -0.25) is 10.1 Å². The van der Waals surface area contributed by atoms with Crippen LogP contribution in [0.25, 0.3) is 0 Å². The molecule has 144 valence electrons. The van der Waals surface area contributed by atoms with Gasteiger partial charge in [0.2, 0.25) is 0 Å². The second-order valence-corrected chi connectivity index (χ2v) is 7.57. The van der Waals surface area contributed by atoms with Gasteiger partial charge in [0.25, 0.3) is 5.69 Å². The molecule has 0 unspecified atom stereocenters. The van der Waals surface area contributed by atoms with Crippen LogP contribution in [0.3, 0.4) is 0 Å². The van der Waals surface area contributed by atoms with E-state index in [9.17, 15) is 20.0 Å². The zero-order chi connectivity index (χ0) is 20.1. The first-order valence-corrected chi connectivity index (χ1v) is 9.47. The highest BCUT2D eigenvalue weighted by atomic mass is 16.6. The van der Waals surface area contributed by atoms with Crippen molar-refractivity contribution in [3.05, 3.63) is 105 Å². The minimum atomic E-state index is -1.22. The van der Waals surface area contributed by atoms with Gasteiger partial charge in [-0.25, -0.2) is 0 Å². The number of carbonyl (C=O) groups is 1. The van der Waals surface area contributed by atoms with Crippen molar-refractivity contribution >= 4 is 17.3 Å². The van der Waals surface area contributed by atoms with E-state index in [4.69, 9.17) is 0 Å². The number of nitro groups is 1. The third-order valence-corrected chi connectivity index (χ3v) is 6.12. The second-order valence-electron chi connectivity index (χ2n) is 7.57. The molecule has 5 rings (SSSR count). The molecule has 3 atom stereocenters. The van der Waals surface area contributed by atoms with E-state index in [1.807, 2.05) is 18.2 Å². The number of carboxylic acids is 1. The lowest BCUT2D eigenvalue weighted by molar-refractivity contribution is -0.384. The predicted molar refractivity (Wildman–Crippen MR) is 106 cm³/mol. The fraction of sp³-hybridized carbons (Fsp3) is 0.174. The fourth-order valence-electron chi connectivity index (χ4n) is 4.89. The molecular weight excluding hydrogens is 368 g/mol. The maximum absolute atomic E-state index is 11.7. The molecule has 1 N–H and O–H groups in total. The lowest BCUT2D eigenvalue weighted by Crippen LogP contribution is -2.33. The summed E-state index contributed by atoms with van der Waals surface area (Å²) in [5.74, 6) is -0.984. The molecule has 6 nitrogen and oxygen atoms in total. The summed E-state index contributed by atoms with van der Waals surface area (Å²) in [7, 11) is 0. The number of non-ortho nitro benzene ring substituents is 1. The first-order chi connectivity index (χ1) is 14.0. The van der Waals surface area contributed by atoms with Crippen molar-refractivity contribution in [2.24, 2.45) is 5.92 Å². The number of rotatable bonds is 3. The number of anilines is 1. The number of nitrogens with zero attached hydrogens (tertiary/aromatic N) is 1. The number of para-hydroxylation sites is 1. The summed E-state index contributed by atoms with van der Waals surface area (Å²) in [5.41, 5.74) is 5.07. The molecule has 1 aliphatic carbocycles. The molecule has 29 heavy (non-hydrogen) atoms. The molecule has 3 aromatic carbocycles. The highest BCUT2D eigenvalue weighted by Crippen LogP contribution is 2.54. The summed E-state index contributed by atoms with van der Waals surface area (Å²) in [6.07, 6.45) is 0.852. The Morgan fingerprint density at radius 1 is 0.966 bits per heavy atom. The number of carboxylic acid groups (broad SMARTS) is 1. The number of aromatic carboxylic acids is 1. The summed E-state index contributed by atoms with van der Waals surface area (Å²) < 4.78 is 0. The van der Waals surface area contributed by atoms with Gasteiger partial charge in [0.15, 0.2) is 0 Å². The minimum Gasteiger partial charge on any atom is -0.545 e. The Morgan fingerprint density at radius 2 is 1.69 bits per heavy atom. The van der Waals surface area contributed by atoms with Gasteiger partial charge in [-0.2, -0.15) is 0 Å². The van der Waals surface area contributed by atoms with Crippen molar-refractivity contribution in [3.63, 3.8) is 0 Å². The Balaban J connectivity index is 1.67. The molecule has 0 aromatic heterocycles. The topological polar surface area (TPSA) is 95.3 Å². The molecule has 2 aliphatic rings. The molecular formula is C23H17N2O4-. The Morgan fingerprint density at radius 3 is 2.41 bits per heavy atom. The molecule has 0 saturated heterocycles. The Labute approximate surface area is 167 Å². The summed E-state index contributed by atoms with van der Waals surface area (Å²) in [5, 5.41) is 26.2. The van der Waals surface area contributed by atoms with Crippen molar-refractivity contribution in [2.75, 3.05) is 5.32 Å². The molecule has 6 heteroatoms. The molecule has 0 saturated carbocycles. The van der Waals surface area contributed by atoms with Gasteiger partial charge in [-0.05, 0) is 34.6 Å². The normalized spacial score (nSPS) is 21.4. The SMILES string of the molecule is O=C([O-])c1cccc2c1N[C@H](c1ccc([N+](=O)[O-])cc1)[C@@H]1Cc3ccccc3[C@@H]21. The van der Waals surface area contributed by atoms with Crippen LogP contribution >= 0.6 is 0 Å². The molecule has 0 spiro atoms. The number of carbonyl (C=O) groups excluding carboxylic acids is 1. The van der Waals surface area contributed by atoms with Crippen LogP contribution in [0.15, 0.2) is 66.7 Å². The monoisotopic (exact) mass is 385 g/mol.